The van der Waals surface area contributed by atoms with Crippen LogP contribution in [-0.2, 0) is 16.1 Å². The maximum Gasteiger partial charge on any atom is 0.263 e. The molecule has 7 nitrogen and oxygen atoms in total. The molecule has 0 radical (unpaired) electrons. The lowest BCUT2D eigenvalue weighted by Gasteiger charge is -2.28. The van der Waals surface area contributed by atoms with Gasteiger partial charge >= 0.3 is 0 Å². The highest BCUT2D eigenvalue weighted by atomic mass is 32.2. The van der Waals surface area contributed by atoms with Gasteiger partial charge in [-0.3, -0.25) is 14.2 Å². The summed E-state index contributed by atoms with van der Waals surface area (Å²) in [4.78, 5) is 32.6. The summed E-state index contributed by atoms with van der Waals surface area (Å²) in [5.41, 5.74) is -0.0785. The number of amides is 1. The van der Waals surface area contributed by atoms with E-state index in [-0.39, 0.29) is 17.4 Å². The summed E-state index contributed by atoms with van der Waals surface area (Å²) >= 11 is 2.74. The van der Waals surface area contributed by atoms with Gasteiger partial charge < -0.3 is 10.1 Å². The van der Waals surface area contributed by atoms with Gasteiger partial charge in [-0.15, -0.1) is 11.3 Å². The van der Waals surface area contributed by atoms with Crippen molar-refractivity contribution in [2.24, 2.45) is 5.92 Å². The van der Waals surface area contributed by atoms with E-state index in [1.165, 1.54) is 23.1 Å². The third kappa shape index (κ3) is 5.68. The van der Waals surface area contributed by atoms with E-state index in [9.17, 15) is 14.9 Å². The number of rotatable bonds is 10. The first-order chi connectivity index (χ1) is 14.6. The second kappa shape index (κ2) is 10.6. The Morgan fingerprint density at radius 1 is 1.39 bits per heavy atom. The molecular formula is C22H32N4O3S2. The number of nitriles is 1. The number of aryl methyl sites for hydroxylation is 2. The average molecular weight is 465 g/mol. The minimum absolute atomic E-state index is 0.0399. The Hall–Kier alpha value is -1.89. The first kappa shape index (κ1) is 25.4. The monoisotopic (exact) mass is 464 g/mol. The van der Waals surface area contributed by atoms with Crippen molar-refractivity contribution in [1.29, 1.82) is 5.26 Å². The molecule has 0 spiro atoms. The summed E-state index contributed by atoms with van der Waals surface area (Å²) < 4.78 is 7.08. The number of thioether (sulfide) groups is 1. The summed E-state index contributed by atoms with van der Waals surface area (Å²) in [6.45, 7) is 14.8. The third-order valence-corrected chi connectivity index (χ3v) is 7.74. The van der Waals surface area contributed by atoms with Gasteiger partial charge in [-0.05, 0) is 52.5 Å². The molecule has 0 saturated carbocycles. The number of nitrogens with zero attached hydrogens (tertiary/aromatic N) is 3. The number of ether oxygens (including phenoxy) is 1. The Bertz CT molecular complexity index is 1040. The van der Waals surface area contributed by atoms with Crippen LogP contribution in [0.1, 0.15) is 51.5 Å². The molecule has 2 aromatic rings. The largest absolute Gasteiger partial charge is 0.382 e. The molecule has 0 aromatic carbocycles. The second-order valence-electron chi connectivity index (χ2n) is 8.08. The zero-order chi connectivity index (χ0) is 23.3. The van der Waals surface area contributed by atoms with Crippen molar-refractivity contribution in [3.8, 4) is 6.07 Å². The van der Waals surface area contributed by atoms with Gasteiger partial charge in [0.05, 0.1) is 16.7 Å². The molecule has 1 amide bonds. The number of carbonyl (C=O) groups excluding carboxylic acids is 1. The van der Waals surface area contributed by atoms with Crippen LogP contribution in [0, 0.1) is 31.1 Å². The quantitative estimate of drug-likeness (QED) is 0.324. The minimum atomic E-state index is -0.956. The smallest absolute Gasteiger partial charge is 0.263 e. The number of hydrogen-bond donors (Lipinski definition) is 1. The molecule has 2 heterocycles. The first-order valence-electron chi connectivity index (χ1n) is 10.5. The molecule has 0 aliphatic carbocycles. The number of hydrogen-bond acceptors (Lipinski definition) is 7. The molecule has 2 rings (SSSR count). The Morgan fingerprint density at radius 2 is 2.06 bits per heavy atom. The lowest BCUT2D eigenvalue weighted by molar-refractivity contribution is -0.121. The second-order valence-corrected chi connectivity index (χ2v) is 10.6. The predicted octanol–water partition coefficient (Wildman–Crippen LogP) is 4.04. The van der Waals surface area contributed by atoms with E-state index in [1.54, 1.807) is 18.4 Å². The lowest BCUT2D eigenvalue weighted by Crippen LogP contribution is -2.51. The molecule has 2 aromatic heterocycles. The Kier molecular flexibility index (Phi) is 8.69. The molecule has 0 bridgehead atoms. The van der Waals surface area contributed by atoms with E-state index in [0.29, 0.717) is 41.6 Å². The van der Waals surface area contributed by atoms with E-state index < -0.39 is 10.8 Å². The van der Waals surface area contributed by atoms with Gasteiger partial charge in [-0.25, -0.2) is 4.98 Å². The summed E-state index contributed by atoms with van der Waals surface area (Å²) in [6, 6.07) is 2.20. The fraction of sp³-hybridized carbons (Fsp3) is 0.636. The van der Waals surface area contributed by atoms with Crippen LogP contribution < -0.4 is 10.9 Å². The van der Waals surface area contributed by atoms with Crippen LogP contribution in [-0.4, -0.2) is 39.5 Å². The van der Waals surface area contributed by atoms with E-state index in [1.807, 2.05) is 34.6 Å². The fourth-order valence-electron chi connectivity index (χ4n) is 2.94. The van der Waals surface area contributed by atoms with Crippen molar-refractivity contribution in [2.45, 2.75) is 77.4 Å². The van der Waals surface area contributed by atoms with Crippen molar-refractivity contribution in [3.05, 3.63) is 20.8 Å². The molecule has 170 valence electrons. The first-order valence-corrected chi connectivity index (χ1v) is 12.2. The van der Waals surface area contributed by atoms with E-state index in [4.69, 9.17) is 9.72 Å². The molecule has 2 unspecified atom stereocenters. The summed E-state index contributed by atoms with van der Waals surface area (Å²) in [5, 5.41) is 13.0. The van der Waals surface area contributed by atoms with Crippen LogP contribution in [0.5, 0.6) is 0 Å². The van der Waals surface area contributed by atoms with Crippen LogP contribution in [0.2, 0.25) is 0 Å². The van der Waals surface area contributed by atoms with Gasteiger partial charge in [0.25, 0.3) is 5.56 Å². The number of aromatic nitrogens is 2. The Labute approximate surface area is 192 Å². The van der Waals surface area contributed by atoms with Crippen molar-refractivity contribution in [1.82, 2.24) is 14.9 Å². The zero-order valence-corrected chi connectivity index (χ0v) is 21.0. The van der Waals surface area contributed by atoms with Crippen LogP contribution in [0.3, 0.4) is 0 Å². The third-order valence-electron chi connectivity index (χ3n) is 5.55. The highest BCUT2D eigenvalue weighted by molar-refractivity contribution is 8.00. The van der Waals surface area contributed by atoms with Crippen molar-refractivity contribution >= 4 is 39.2 Å². The molecule has 9 heteroatoms. The Balaban J connectivity index is 2.37. The highest BCUT2D eigenvalue weighted by Gasteiger charge is 2.32. The van der Waals surface area contributed by atoms with Gasteiger partial charge in [-0.2, -0.15) is 5.26 Å². The van der Waals surface area contributed by atoms with E-state index >= 15 is 0 Å². The van der Waals surface area contributed by atoms with Gasteiger partial charge in [0.2, 0.25) is 5.91 Å². The normalized spacial score (nSPS) is 14.4. The van der Waals surface area contributed by atoms with Crippen molar-refractivity contribution in [3.63, 3.8) is 0 Å². The fourth-order valence-corrected chi connectivity index (χ4v) is 4.94. The topological polar surface area (TPSA) is 97.0 Å². The molecule has 31 heavy (non-hydrogen) atoms. The minimum Gasteiger partial charge on any atom is -0.382 e. The molecule has 0 aliphatic heterocycles. The average Bonchev–Trinajstić information content (AvgIpc) is 3.00. The number of nitrogens with one attached hydrogen (secondary N) is 1. The molecule has 0 fully saturated rings. The van der Waals surface area contributed by atoms with E-state index in [0.717, 1.165) is 10.4 Å². The number of thiophene rings is 1. The van der Waals surface area contributed by atoms with Crippen LogP contribution in [0.15, 0.2) is 9.95 Å². The van der Waals surface area contributed by atoms with E-state index in [2.05, 4.69) is 11.4 Å². The highest BCUT2D eigenvalue weighted by Crippen LogP contribution is 2.30. The zero-order valence-electron chi connectivity index (χ0n) is 19.4. The summed E-state index contributed by atoms with van der Waals surface area (Å²) in [5.74, 6) is -0.293. The van der Waals surface area contributed by atoms with Crippen molar-refractivity contribution < 1.29 is 9.53 Å². The predicted molar refractivity (Wildman–Crippen MR) is 127 cm³/mol. The standard InChI is InChI=1S/C22H32N4O3S2/c1-8-29-11-9-10-26-20(28)17-14(4)15(5)30-19(17)24-21(26)31-16(6)18(27)25-22(7,12-23)13(2)3/h13,16H,8-11H2,1-7H3,(H,25,27). The maximum atomic E-state index is 13.3. The van der Waals surface area contributed by atoms with Crippen LogP contribution in [0.25, 0.3) is 10.2 Å². The number of carbonyl (C=O) groups is 1. The van der Waals surface area contributed by atoms with Gasteiger partial charge in [0.15, 0.2) is 5.16 Å². The summed E-state index contributed by atoms with van der Waals surface area (Å²) in [6.07, 6.45) is 0.678. The summed E-state index contributed by atoms with van der Waals surface area (Å²) in [7, 11) is 0. The maximum absolute atomic E-state index is 13.3. The van der Waals surface area contributed by atoms with Gasteiger partial charge in [-0.1, -0.05) is 25.6 Å². The van der Waals surface area contributed by atoms with Gasteiger partial charge in [0, 0.05) is 24.6 Å². The number of fused-ring (bicyclic) bond motifs is 1. The van der Waals surface area contributed by atoms with Gasteiger partial charge in [0.1, 0.15) is 10.4 Å². The van der Waals surface area contributed by atoms with Crippen LogP contribution >= 0.6 is 23.1 Å². The molecule has 2 atom stereocenters. The Morgan fingerprint density at radius 3 is 2.65 bits per heavy atom. The van der Waals surface area contributed by atoms with Crippen molar-refractivity contribution in [2.75, 3.05) is 13.2 Å². The lowest BCUT2D eigenvalue weighted by atomic mass is 9.90. The molecule has 1 N–H and O–H groups in total. The molecular weight excluding hydrogens is 432 g/mol. The van der Waals surface area contributed by atoms with Crippen LogP contribution in [0.4, 0.5) is 0 Å². The SMILES string of the molecule is CCOCCCn1c(SC(C)C(=O)NC(C)(C#N)C(C)C)nc2sc(C)c(C)c2c1=O. The molecule has 0 aliphatic rings. The molecule has 0 saturated heterocycles.